The molecule has 0 aromatic carbocycles. The first-order chi connectivity index (χ1) is 5.86. The van der Waals surface area contributed by atoms with E-state index in [-0.39, 0.29) is 5.97 Å². The third-order valence-corrected chi connectivity index (χ3v) is 2.69. The first kappa shape index (κ1) is 7.55. The van der Waals surface area contributed by atoms with Crippen molar-refractivity contribution in [1.82, 2.24) is 0 Å². The van der Waals surface area contributed by atoms with Crippen molar-refractivity contribution < 1.29 is 9.53 Å². The molecule has 0 spiro atoms. The van der Waals surface area contributed by atoms with Gasteiger partial charge in [-0.15, -0.1) is 11.3 Å². The largest absolute Gasteiger partial charge is 0.462 e. The summed E-state index contributed by atoms with van der Waals surface area (Å²) in [7, 11) is 0. The van der Waals surface area contributed by atoms with Crippen molar-refractivity contribution in [2.45, 2.75) is 6.42 Å². The fourth-order valence-electron chi connectivity index (χ4n) is 1.17. The highest BCUT2D eigenvalue weighted by Gasteiger charge is 2.12. The fraction of sp³-hybridized carbons (Fsp3) is 0.222. The lowest BCUT2D eigenvalue weighted by Crippen LogP contribution is -2.09. The standard InChI is InChI=1S/C9H8O2S/c10-9-6-7(3-4-11-9)8-2-1-5-12-8/h1-2,5-6H,3-4H2. The SMILES string of the molecule is O=C1C=C(c2cccs2)CCO1. The second-order valence-corrected chi connectivity index (χ2v) is 3.51. The van der Waals surface area contributed by atoms with E-state index in [0.29, 0.717) is 6.61 Å². The molecular weight excluding hydrogens is 172 g/mol. The highest BCUT2D eigenvalue weighted by Crippen LogP contribution is 2.25. The molecule has 1 aromatic rings. The summed E-state index contributed by atoms with van der Waals surface area (Å²) in [4.78, 5) is 12.0. The van der Waals surface area contributed by atoms with Crippen molar-refractivity contribution in [2.24, 2.45) is 0 Å². The smallest absolute Gasteiger partial charge is 0.331 e. The number of thiophene rings is 1. The number of esters is 1. The second kappa shape index (κ2) is 3.11. The van der Waals surface area contributed by atoms with Crippen LogP contribution in [0.5, 0.6) is 0 Å². The normalized spacial score (nSPS) is 17.0. The molecule has 0 N–H and O–H groups in total. The highest BCUT2D eigenvalue weighted by atomic mass is 32.1. The van der Waals surface area contributed by atoms with E-state index in [9.17, 15) is 4.79 Å². The average Bonchev–Trinajstić information content (AvgIpc) is 2.56. The van der Waals surface area contributed by atoms with Gasteiger partial charge in [0.05, 0.1) is 6.61 Å². The van der Waals surface area contributed by atoms with Gasteiger partial charge in [0, 0.05) is 17.4 Å². The Bertz CT molecular complexity index is 311. The summed E-state index contributed by atoms with van der Waals surface area (Å²) in [5.41, 5.74) is 1.10. The summed E-state index contributed by atoms with van der Waals surface area (Å²) in [6.07, 6.45) is 2.42. The van der Waals surface area contributed by atoms with Gasteiger partial charge in [0.25, 0.3) is 0 Å². The summed E-state index contributed by atoms with van der Waals surface area (Å²) in [5, 5.41) is 2.01. The van der Waals surface area contributed by atoms with Crippen LogP contribution in [0.2, 0.25) is 0 Å². The Kier molecular flexibility index (Phi) is 1.96. The highest BCUT2D eigenvalue weighted by molar-refractivity contribution is 7.11. The molecule has 2 nitrogen and oxygen atoms in total. The monoisotopic (exact) mass is 180 g/mol. The Morgan fingerprint density at radius 2 is 2.42 bits per heavy atom. The quantitative estimate of drug-likeness (QED) is 0.618. The summed E-state index contributed by atoms with van der Waals surface area (Å²) in [6, 6.07) is 4.01. The number of carbonyl (C=O) groups is 1. The minimum atomic E-state index is -0.218. The van der Waals surface area contributed by atoms with E-state index in [1.165, 1.54) is 4.88 Å². The summed E-state index contributed by atoms with van der Waals surface area (Å²) in [6.45, 7) is 0.516. The first-order valence-corrected chi connectivity index (χ1v) is 4.65. The van der Waals surface area contributed by atoms with E-state index < -0.39 is 0 Å². The van der Waals surface area contributed by atoms with Crippen LogP contribution < -0.4 is 0 Å². The van der Waals surface area contributed by atoms with Gasteiger partial charge in [0.2, 0.25) is 0 Å². The van der Waals surface area contributed by atoms with Crippen molar-refractivity contribution in [3.05, 3.63) is 28.5 Å². The van der Waals surface area contributed by atoms with Gasteiger partial charge in [-0.2, -0.15) is 0 Å². The number of hydrogen-bond acceptors (Lipinski definition) is 3. The van der Waals surface area contributed by atoms with Gasteiger partial charge in [-0.05, 0) is 17.0 Å². The molecule has 1 aliphatic heterocycles. The molecule has 0 unspecified atom stereocenters. The lowest BCUT2D eigenvalue weighted by Gasteiger charge is -2.10. The third kappa shape index (κ3) is 1.41. The number of hydrogen-bond donors (Lipinski definition) is 0. The van der Waals surface area contributed by atoms with Crippen molar-refractivity contribution in [3.8, 4) is 0 Å². The molecule has 0 fully saturated rings. The maximum atomic E-state index is 10.9. The van der Waals surface area contributed by atoms with Gasteiger partial charge >= 0.3 is 5.97 Å². The number of cyclic esters (lactones) is 1. The van der Waals surface area contributed by atoms with Crippen LogP contribution in [0.15, 0.2) is 23.6 Å². The summed E-state index contributed by atoms with van der Waals surface area (Å²) < 4.78 is 4.80. The van der Waals surface area contributed by atoms with Gasteiger partial charge in [0.15, 0.2) is 0 Å². The van der Waals surface area contributed by atoms with Crippen LogP contribution in [0.1, 0.15) is 11.3 Å². The number of rotatable bonds is 1. The Morgan fingerprint density at radius 3 is 3.08 bits per heavy atom. The van der Waals surface area contributed by atoms with Crippen LogP contribution in [-0.4, -0.2) is 12.6 Å². The zero-order valence-corrected chi connectivity index (χ0v) is 7.26. The topological polar surface area (TPSA) is 26.3 Å². The molecule has 3 heteroatoms. The van der Waals surface area contributed by atoms with Crippen LogP contribution in [0.4, 0.5) is 0 Å². The Labute approximate surface area is 74.5 Å². The van der Waals surface area contributed by atoms with Crippen LogP contribution in [0.25, 0.3) is 5.57 Å². The molecule has 0 radical (unpaired) electrons. The van der Waals surface area contributed by atoms with Gasteiger partial charge < -0.3 is 4.74 Å². The molecule has 0 aliphatic carbocycles. The van der Waals surface area contributed by atoms with E-state index in [1.54, 1.807) is 17.4 Å². The molecule has 2 rings (SSSR count). The maximum Gasteiger partial charge on any atom is 0.331 e. The van der Waals surface area contributed by atoms with Gasteiger partial charge in [-0.1, -0.05) is 6.07 Å². The molecule has 0 saturated heterocycles. The second-order valence-electron chi connectivity index (χ2n) is 2.56. The molecule has 1 aromatic heterocycles. The van der Waals surface area contributed by atoms with E-state index in [0.717, 1.165) is 12.0 Å². The van der Waals surface area contributed by atoms with Crippen LogP contribution in [0.3, 0.4) is 0 Å². The van der Waals surface area contributed by atoms with Crippen molar-refractivity contribution in [1.29, 1.82) is 0 Å². The van der Waals surface area contributed by atoms with Crippen LogP contribution in [-0.2, 0) is 9.53 Å². The summed E-state index contributed by atoms with van der Waals surface area (Å²) >= 11 is 1.66. The third-order valence-electron chi connectivity index (χ3n) is 1.75. The Morgan fingerprint density at radius 1 is 1.50 bits per heavy atom. The predicted molar refractivity (Wildman–Crippen MR) is 47.9 cm³/mol. The van der Waals surface area contributed by atoms with Gasteiger partial charge in [-0.3, -0.25) is 0 Å². The van der Waals surface area contributed by atoms with Crippen molar-refractivity contribution in [2.75, 3.05) is 6.61 Å². The predicted octanol–water partition coefficient (Wildman–Crippen LogP) is 2.08. The number of ether oxygens (including phenoxy) is 1. The molecule has 2 heterocycles. The minimum Gasteiger partial charge on any atom is -0.462 e. The molecular formula is C9H8O2S. The number of carbonyl (C=O) groups excluding carboxylic acids is 1. The maximum absolute atomic E-state index is 10.9. The summed E-state index contributed by atoms with van der Waals surface area (Å²) in [5.74, 6) is -0.218. The average molecular weight is 180 g/mol. The molecule has 62 valence electrons. The van der Waals surface area contributed by atoms with Crippen molar-refractivity contribution in [3.63, 3.8) is 0 Å². The molecule has 0 atom stereocenters. The molecule has 1 aliphatic rings. The lowest BCUT2D eigenvalue weighted by atomic mass is 10.1. The molecule has 0 amide bonds. The molecule has 0 saturated carbocycles. The van der Waals surface area contributed by atoms with E-state index in [4.69, 9.17) is 4.74 Å². The van der Waals surface area contributed by atoms with Crippen LogP contribution in [0, 0.1) is 0 Å². The molecule has 12 heavy (non-hydrogen) atoms. The molecule has 0 bridgehead atoms. The van der Waals surface area contributed by atoms with Gasteiger partial charge in [-0.25, -0.2) is 4.79 Å². The lowest BCUT2D eigenvalue weighted by molar-refractivity contribution is -0.138. The van der Waals surface area contributed by atoms with Crippen LogP contribution >= 0.6 is 11.3 Å². The Balaban J connectivity index is 2.29. The van der Waals surface area contributed by atoms with Gasteiger partial charge in [0.1, 0.15) is 0 Å². The fourth-order valence-corrected chi connectivity index (χ4v) is 1.95. The van der Waals surface area contributed by atoms with E-state index in [2.05, 4.69) is 0 Å². The first-order valence-electron chi connectivity index (χ1n) is 3.77. The van der Waals surface area contributed by atoms with E-state index >= 15 is 0 Å². The van der Waals surface area contributed by atoms with Crippen molar-refractivity contribution >= 4 is 22.9 Å². The van der Waals surface area contributed by atoms with E-state index in [1.807, 2.05) is 17.5 Å². The Hall–Kier alpha value is -1.09. The zero-order valence-electron chi connectivity index (χ0n) is 6.45. The minimum absolute atomic E-state index is 0.218. The zero-order chi connectivity index (χ0) is 8.39.